The van der Waals surface area contributed by atoms with Gasteiger partial charge in [0.25, 0.3) is 0 Å². The van der Waals surface area contributed by atoms with Gasteiger partial charge in [-0.25, -0.2) is 0 Å². The lowest BCUT2D eigenvalue weighted by Crippen LogP contribution is -2.36. The van der Waals surface area contributed by atoms with E-state index in [2.05, 4.69) is 10.3 Å². The summed E-state index contributed by atoms with van der Waals surface area (Å²) in [5, 5.41) is 2.81. The predicted octanol–water partition coefficient (Wildman–Crippen LogP) is 2.61. The van der Waals surface area contributed by atoms with E-state index in [0.717, 1.165) is 17.7 Å². The van der Waals surface area contributed by atoms with E-state index in [9.17, 15) is 22.8 Å². The van der Waals surface area contributed by atoms with Gasteiger partial charge in [0.15, 0.2) is 0 Å². The predicted molar refractivity (Wildman–Crippen MR) is 102 cm³/mol. The van der Waals surface area contributed by atoms with Crippen molar-refractivity contribution >= 4 is 11.8 Å². The SMILES string of the molecule is COCC(=O)N1CC(C(=O)NCc2cccnc2)C(c2cccc(C(F)(F)F)c2)C1. The molecule has 2 atom stereocenters. The van der Waals surface area contributed by atoms with Crippen molar-refractivity contribution in [1.82, 2.24) is 15.2 Å². The van der Waals surface area contributed by atoms with Crippen molar-refractivity contribution in [2.24, 2.45) is 5.92 Å². The van der Waals surface area contributed by atoms with Crippen molar-refractivity contribution in [3.05, 3.63) is 65.5 Å². The highest BCUT2D eigenvalue weighted by Crippen LogP contribution is 2.36. The average molecular weight is 421 g/mol. The molecule has 1 aliphatic rings. The zero-order chi connectivity index (χ0) is 21.7. The van der Waals surface area contributed by atoms with Crippen LogP contribution in [0.4, 0.5) is 13.2 Å². The molecule has 2 aromatic rings. The third-order valence-electron chi connectivity index (χ3n) is 5.11. The molecule has 1 aromatic carbocycles. The second kappa shape index (κ2) is 9.25. The summed E-state index contributed by atoms with van der Waals surface area (Å²) in [5.41, 5.74) is 0.391. The minimum atomic E-state index is -4.49. The number of alkyl halides is 3. The number of hydrogen-bond acceptors (Lipinski definition) is 4. The zero-order valence-electron chi connectivity index (χ0n) is 16.4. The lowest BCUT2D eigenvalue weighted by Gasteiger charge is -2.19. The Morgan fingerprint density at radius 3 is 2.70 bits per heavy atom. The molecular formula is C21H22F3N3O3. The Bertz CT molecular complexity index is 890. The molecule has 0 aliphatic carbocycles. The number of ether oxygens (including phenoxy) is 1. The number of rotatable bonds is 6. The molecule has 1 aliphatic heterocycles. The van der Waals surface area contributed by atoms with E-state index in [0.29, 0.717) is 5.56 Å². The molecule has 1 N–H and O–H groups in total. The highest BCUT2D eigenvalue weighted by molar-refractivity contribution is 5.83. The van der Waals surface area contributed by atoms with Gasteiger partial charge in [0.1, 0.15) is 6.61 Å². The van der Waals surface area contributed by atoms with Crippen LogP contribution in [0.25, 0.3) is 0 Å². The molecular weight excluding hydrogens is 399 g/mol. The molecule has 30 heavy (non-hydrogen) atoms. The fourth-order valence-electron chi connectivity index (χ4n) is 3.59. The van der Waals surface area contributed by atoms with Gasteiger partial charge in [0.05, 0.1) is 11.5 Å². The number of likely N-dealkylation sites (tertiary alicyclic amines) is 1. The standard InChI is InChI=1S/C21H22F3N3O3/c1-30-13-19(28)27-11-17(15-5-2-6-16(8-15)21(22,23)24)18(12-27)20(29)26-10-14-4-3-7-25-9-14/h2-9,17-18H,10-13H2,1H3,(H,26,29). The third-order valence-corrected chi connectivity index (χ3v) is 5.11. The molecule has 1 aromatic heterocycles. The molecule has 0 saturated carbocycles. The Labute approximate surface area is 172 Å². The van der Waals surface area contributed by atoms with Crippen molar-refractivity contribution in [3.63, 3.8) is 0 Å². The summed E-state index contributed by atoms with van der Waals surface area (Å²) in [6.07, 6.45) is -1.25. The number of methoxy groups -OCH3 is 1. The van der Waals surface area contributed by atoms with E-state index in [1.165, 1.54) is 18.1 Å². The summed E-state index contributed by atoms with van der Waals surface area (Å²) in [5.74, 6) is -1.86. The number of nitrogens with zero attached hydrogens (tertiary/aromatic N) is 2. The Hall–Kier alpha value is -2.94. The maximum Gasteiger partial charge on any atom is 0.416 e. The quantitative estimate of drug-likeness (QED) is 0.779. The van der Waals surface area contributed by atoms with E-state index in [1.54, 1.807) is 30.6 Å². The normalized spacial score (nSPS) is 19.0. The van der Waals surface area contributed by atoms with Crippen LogP contribution >= 0.6 is 0 Å². The summed E-state index contributed by atoms with van der Waals surface area (Å²) in [6, 6.07) is 8.47. The number of hydrogen-bond donors (Lipinski definition) is 1. The van der Waals surface area contributed by atoms with Gasteiger partial charge >= 0.3 is 6.18 Å². The molecule has 2 amide bonds. The zero-order valence-corrected chi connectivity index (χ0v) is 16.4. The van der Waals surface area contributed by atoms with Crippen LogP contribution in [0.15, 0.2) is 48.8 Å². The molecule has 6 nitrogen and oxygen atoms in total. The average Bonchev–Trinajstić information content (AvgIpc) is 3.18. The molecule has 160 valence electrons. The fourth-order valence-corrected chi connectivity index (χ4v) is 3.59. The van der Waals surface area contributed by atoms with Crippen molar-refractivity contribution in [2.75, 3.05) is 26.8 Å². The number of aromatic nitrogens is 1. The lowest BCUT2D eigenvalue weighted by molar-refractivity contribution is -0.137. The Balaban J connectivity index is 1.82. The van der Waals surface area contributed by atoms with Crippen molar-refractivity contribution < 1.29 is 27.5 Å². The third kappa shape index (κ3) is 5.15. The van der Waals surface area contributed by atoms with Gasteiger partial charge in [0.2, 0.25) is 11.8 Å². The molecule has 3 rings (SSSR count). The second-order valence-electron chi connectivity index (χ2n) is 7.15. The van der Waals surface area contributed by atoms with Crippen LogP contribution in [0.3, 0.4) is 0 Å². The van der Waals surface area contributed by atoms with Crippen molar-refractivity contribution in [3.8, 4) is 0 Å². The van der Waals surface area contributed by atoms with Crippen LogP contribution in [0.5, 0.6) is 0 Å². The monoisotopic (exact) mass is 421 g/mol. The van der Waals surface area contributed by atoms with Crippen LogP contribution in [0.2, 0.25) is 0 Å². The minimum Gasteiger partial charge on any atom is -0.375 e. The lowest BCUT2D eigenvalue weighted by atomic mass is 9.87. The van der Waals surface area contributed by atoms with E-state index in [1.807, 2.05) is 0 Å². The van der Waals surface area contributed by atoms with E-state index in [-0.39, 0.29) is 38.1 Å². The number of halogens is 3. The van der Waals surface area contributed by atoms with E-state index < -0.39 is 23.6 Å². The first-order valence-corrected chi connectivity index (χ1v) is 9.40. The number of carbonyl (C=O) groups excluding carboxylic acids is 2. The van der Waals surface area contributed by atoms with Crippen LogP contribution in [-0.2, 0) is 27.0 Å². The maximum atomic E-state index is 13.2. The number of carbonyl (C=O) groups is 2. The Morgan fingerprint density at radius 1 is 1.23 bits per heavy atom. The summed E-state index contributed by atoms with van der Waals surface area (Å²) in [7, 11) is 1.39. The Morgan fingerprint density at radius 2 is 2.03 bits per heavy atom. The van der Waals surface area contributed by atoms with Crippen LogP contribution in [0, 0.1) is 5.92 Å². The van der Waals surface area contributed by atoms with Crippen LogP contribution in [0.1, 0.15) is 22.6 Å². The topological polar surface area (TPSA) is 71.5 Å². The number of benzene rings is 1. The summed E-state index contributed by atoms with van der Waals surface area (Å²) in [4.78, 5) is 30.6. The van der Waals surface area contributed by atoms with Crippen LogP contribution < -0.4 is 5.32 Å². The smallest absolute Gasteiger partial charge is 0.375 e. The van der Waals surface area contributed by atoms with E-state index >= 15 is 0 Å². The first-order chi connectivity index (χ1) is 14.3. The largest absolute Gasteiger partial charge is 0.416 e. The summed E-state index contributed by atoms with van der Waals surface area (Å²) < 4.78 is 44.3. The van der Waals surface area contributed by atoms with Gasteiger partial charge in [-0.1, -0.05) is 24.3 Å². The first-order valence-electron chi connectivity index (χ1n) is 9.40. The van der Waals surface area contributed by atoms with Crippen molar-refractivity contribution in [1.29, 1.82) is 0 Å². The van der Waals surface area contributed by atoms with Gasteiger partial charge in [-0.2, -0.15) is 13.2 Å². The van der Waals surface area contributed by atoms with Gasteiger partial charge in [-0.3, -0.25) is 14.6 Å². The molecule has 0 spiro atoms. The highest BCUT2D eigenvalue weighted by Gasteiger charge is 2.41. The minimum absolute atomic E-state index is 0.113. The summed E-state index contributed by atoms with van der Waals surface area (Å²) in [6.45, 7) is 0.348. The molecule has 1 fully saturated rings. The molecule has 9 heteroatoms. The highest BCUT2D eigenvalue weighted by atomic mass is 19.4. The molecule has 0 radical (unpaired) electrons. The molecule has 0 bridgehead atoms. The van der Waals surface area contributed by atoms with Gasteiger partial charge in [-0.15, -0.1) is 0 Å². The van der Waals surface area contributed by atoms with Gasteiger partial charge < -0.3 is 15.0 Å². The molecule has 2 heterocycles. The fraction of sp³-hybridized carbons (Fsp3) is 0.381. The number of pyridine rings is 1. The van der Waals surface area contributed by atoms with Crippen LogP contribution in [-0.4, -0.2) is 48.5 Å². The molecule has 1 saturated heterocycles. The van der Waals surface area contributed by atoms with E-state index in [4.69, 9.17) is 4.74 Å². The first kappa shape index (κ1) is 21.8. The second-order valence-corrected chi connectivity index (χ2v) is 7.15. The van der Waals surface area contributed by atoms with Gasteiger partial charge in [0, 0.05) is 45.1 Å². The molecule has 2 unspecified atom stereocenters. The maximum absolute atomic E-state index is 13.2. The summed E-state index contributed by atoms with van der Waals surface area (Å²) >= 11 is 0. The van der Waals surface area contributed by atoms with Crippen molar-refractivity contribution in [2.45, 2.75) is 18.6 Å². The Kier molecular flexibility index (Phi) is 6.71. The number of nitrogens with one attached hydrogen (secondary N) is 1. The van der Waals surface area contributed by atoms with Gasteiger partial charge in [-0.05, 0) is 23.3 Å². The number of amides is 2.